The lowest BCUT2D eigenvalue weighted by Crippen LogP contribution is -2.36. The van der Waals surface area contributed by atoms with Gasteiger partial charge < -0.3 is 15.0 Å². The van der Waals surface area contributed by atoms with Crippen LogP contribution in [0.15, 0.2) is 41.8 Å². The molecule has 1 aromatic carbocycles. The highest BCUT2D eigenvalue weighted by molar-refractivity contribution is 7.09. The van der Waals surface area contributed by atoms with Crippen molar-refractivity contribution in [2.45, 2.75) is 32.4 Å². The van der Waals surface area contributed by atoms with Gasteiger partial charge in [0.05, 0.1) is 18.7 Å². The number of hydrogen-bond donors (Lipinski definition) is 1. The first-order chi connectivity index (χ1) is 11.7. The fraction of sp³-hybridized carbons (Fsp3) is 0.333. The average molecular weight is 344 g/mol. The van der Waals surface area contributed by atoms with E-state index >= 15 is 0 Å². The molecule has 2 amide bonds. The lowest BCUT2D eigenvalue weighted by molar-refractivity contribution is 0.0526. The fourth-order valence-electron chi connectivity index (χ4n) is 2.42. The van der Waals surface area contributed by atoms with E-state index in [-0.39, 0.29) is 12.0 Å². The molecule has 5 nitrogen and oxygen atoms in total. The van der Waals surface area contributed by atoms with Gasteiger partial charge in [-0.15, -0.1) is 11.3 Å². The van der Waals surface area contributed by atoms with E-state index in [0.29, 0.717) is 30.4 Å². The van der Waals surface area contributed by atoms with E-state index < -0.39 is 0 Å². The molecule has 3 rings (SSSR count). The van der Waals surface area contributed by atoms with Crippen LogP contribution < -0.4 is 5.32 Å². The number of carbonyl (C=O) groups excluding carboxylic acids is 2. The number of benzene rings is 1. The number of esters is 1. The molecule has 1 heterocycles. The van der Waals surface area contributed by atoms with Gasteiger partial charge in [-0.2, -0.15) is 0 Å². The molecule has 1 aromatic heterocycles. The van der Waals surface area contributed by atoms with Crippen LogP contribution in [0.4, 0.5) is 10.5 Å². The Labute approximate surface area is 145 Å². The Morgan fingerprint density at radius 3 is 2.58 bits per heavy atom. The van der Waals surface area contributed by atoms with Crippen LogP contribution in [0.1, 0.15) is 35.0 Å². The molecule has 0 saturated heterocycles. The molecule has 6 heteroatoms. The summed E-state index contributed by atoms with van der Waals surface area (Å²) in [5.74, 6) is -0.354. The Balaban J connectivity index is 1.63. The number of thiophene rings is 1. The number of ether oxygens (including phenoxy) is 1. The topological polar surface area (TPSA) is 58.6 Å². The Morgan fingerprint density at radius 1 is 1.25 bits per heavy atom. The molecule has 24 heavy (non-hydrogen) atoms. The van der Waals surface area contributed by atoms with Crippen molar-refractivity contribution in [1.82, 2.24) is 4.90 Å². The molecule has 126 valence electrons. The van der Waals surface area contributed by atoms with Crippen LogP contribution in [0.25, 0.3) is 0 Å². The predicted molar refractivity (Wildman–Crippen MR) is 94.3 cm³/mol. The maximum absolute atomic E-state index is 12.6. The molecule has 1 fully saturated rings. The summed E-state index contributed by atoms with van der Waals surface area (Å²) in [6, 6.07) is 11.0. The van der Waals surface area contributed by atoms with Crippen LogP contribution in [0.5, 0.6) is 0 Å². The molecule has 1 saturated carbocycles. The highest BCUT2D eigenvalue weighted by atomic mass is 32.1. The summed E-state index contributed by atoms with van der Waals surface area (Å²) in [5, 5.41) is 4.93. The third kappa shape index (κ3) is 4.14. The predicted octanol–water partition coefficient (Wildman–Crippen LogP) is 4.12. The Morgan fingerprint density at radius 2 is 2.00 bits per heavy atom. The van der Waals surface area contributed by atoms with E-state index in [1.807, 2.05) is 22.4 Å². The molecule has 0 spiro atoms. The quantitative estimate of drug-likeness (QED) is 0.802. The third-order valence-electron chi connectivity index (χ3n) is 3.80. The number of amides is 2. The van der Waals surface area contributed by atoms with Crippen LogP contribution in [0, 0.1) is 0 Å². The minimum Gasteiger partial charge on any atom is -0.462 e. The van der Waals surface area contributed by atoms with Gasteiger partial charge in [-0.05, 0) is 55.5 Å². The van der Waals surface area contributed by atoms with E-state index in [4.69, 9.17) is 4.74 Å². The normalized spacial score (nSPS) is 13.4. The summed E-state index contributed by atoms with van der Waals surface area (Å²) in [7, 11) is 0. The highest BCUT2D eigenvalue weighted by Crippen LogP contribution is 2.29. The average Bonchev–Trinajstić information content (AvgIpc) is 3.29. The van der Waals surface area contributed by atoms with E-state index in [2.05, 4.69) is 5.32 Å². The summed E-state index contributed by atoms with van der Waals surface area (Å²) in [4.78, 5) is 27.3. The zero-order valence-corrected chi connectivity index (χ0v) is 14.3. The van der Waals surface area contributed by atoms with Gasteiger partial charge >= 0.3 is 12.0 Å². The Hall–Kier alpha value is -2.34. The maximum atomic E-state index is 12.6. The summed E-state index contributed by atoms with van der Waals surface area (Å²) in [6.07, 6.45) is 2.11. The fourth-order valence-corrected chi connectivity index (χ4v) is 3.13. The number of hydrogen-bond acceptors (Lipinski definition) is 4. The van der Waals surface area contributed by atoms with Gasteiger partial charge in [0.1, 0.15) is 0 Å². The zero-order valence-electron chi connectivity index (χ0n) is 13.5. The second kappa shape index (κ2) is 7.49. The first-order valence-electron chi connectivity index (χ1n) is 8.04. The van der Waals surface area contributed by atoms with Crippen LogP contribution in [0.2, 0.25) is 0 Å². The van der Waals surface area contributed by atoms with Crippen molar-refractivity contribution in [3.63, 3.8) is 0 Å². The summed E-state index contributed by atoms with van der Waals surface area (Å²) in [6.45, 7) is 2.75. The monoisotopic (exact) mass is 344 g/mol. The summed E-state index contributed by atoms with van der Waals surface area (Å²) in [5.41, 5.74) is 1.15. The minimum atomic E-state index is -0.354. The van der Waals surface area contributed by atoms with Crippen LogP contribution in [-0.2, 0) is 11.3 Å². The highest BCUT2D eigenvalue weighted by Gasteiger charge is 2.32. The van der Waals surface area contributed by atoms with E-state index in [1.54, 1.807) is 42.5 Å². The molecular weight excluding hydrogens is 324 g/mol. The van der Waals surface area contributed by atoms with Crippen molar-refractivity contribution in [3.8, 4) is 0 Å². The molecule has 0 unspecified atom stereocenters. The molecule has 2 aromatic rings. The zero-order chi connectivity index (χ0) is 16.9. The smallest absolute Gasteiger partial charge is 0.338 e. The second-order valence-electron chi connectivity index (χ2n) is 5.67. The lowest BCUT2D eigenvalue weighted by Gasteiger charge is -2.22. The van der Waals surface area contributed by atoms with Crippen molar-refractivity contribution >= 4 is 29.0 Å². The van der Waals surface area contributed by atoms with E-state index in [0.717, 1.165) is 12.8 Å². The van der Waals surface area contributed by atoms with Gasteiger partial charge in [-0.3, -0.25) is 0 Å². The number of anilines is 1. The standard InChI is InChI=1S/C18H20N2O3S/c1-2-23-17(21)13-5-7-14(8-6-13)19-18(22)20(15-9-10-15)12-16-4-3-11-24-16/h3-8,11,15H,2,9-10,12H2,1H3,(H,19,22). The van der Waals surface area contributed by atoms with E-state index in [9.17, 15) is 9.59 Å². The Kier molecular flexibility index (Phi) is 5.15. The van der Waals surface area contributed by atoms with Crippen molar-refractivity contribution in [1.29, 1.82) is 0 Å². The van der Waals surface area contributed by atoms with Gasteiger partial charge in [-0.25, -0.2) is 9.59 Å². The van der Waals surface area contributed by atoms with Gasteiger partial charge in [0.15, 0.2) is 0 Å². The van der Waals surface area contributed by atoms with Crippen LogP contribution >= 0.6 is 11.3 Å². The number of rotatable bonds is 6. The molecule has 0 radical (unpaired) electrons. The van der Waals surface area contributed by atoms with Crippen molar-refractivity contribution < 1.29 is 14.3 Å². The van der Waals surface area contributed by atoms with Crippen LogP contribution in [-0.4, -0.2) is 29.5 Å². The molecule has 1 aliphatic rings. The second-order valence-corrected chi connectivity index (χ2v) is 6.70. The summed E-state index contributed by atoms with van der Waals surface area (Å²) < 4.78 is 4.95. The Bertz CT molecular complexity index is 694. The van der Waals surface area contributed by atoms with E-state index in [1.165, 1.54) is 4.88 Å². The van der Waals surface area contributed by atoms with Gasteiger partial charge in [0.2, 0.25) is 0 Å². The number of carbonyl (C=O) groups is 2. The first kappa shape index (κ1) is 16.5. The molecule has 1 aliphatic carbocycles. The largest absolute Gasteiger partial charge is 0.462 e. The number of urea groups is 1. The molecule has 1 N–H and O–H groups in total. The van der Waals surface area contributed by atoms with Gasteiger partial charge in [0.25, 0.3) is 0 Å². The summed E-state index contributed by atoms with van der Waals surface area (Å²) >= 11 is 1.66. The maximum Gasteiger partial charge on any atom is 0.338 e. The third-order valence-corrected chi connectivity index (χ3v) is 4.66. The van der Waals surface area contributed by atoms with Crippen molar-refractivity contribution in [2.75, 3.05) is 11.9 Å². The number of nitrogens with zero attached hydrogens (tertiary/aromatic N) is 1. The molecule has 0 aliphatic heterocycles. The molecule has 0 atom stereocenters. The minimum absolute atomic E-state index is 0.102. The first-order valence-corrected chi connectivity index (χ1v) is 8.92. The SMILES string of the molecule is CCOC(=O)c1ccc(NC(=O)N(Cc2cccs2)C2CC2)cc1. The molecular formula is C18H20N2O3S. The van der Waals surface area contributed by atoms with Crippen LogP contribution in [0.3, 0.4) is 0 Å². The van der Waals surface area contributed by atoms with Crippen molar-refractivity contribution in [2.24, 2.45) is 0 Å². The van der Waals surface area contributed by atoms with Gasteiger partial charge in [-0.1, -0.05) is 6.07 Å². The van der Waals surface area contributed by atoms with Crippen molar-refractivity contribution in [3.05, 3.63) is 52.2 Å². The number of nitrogens with one attached hydrogen (secondary N) is 1. The lowest BCUT2D eigenvalue weighted by atomic mass is 10.2. The molecule has 0 bridgehead atoms. The van der Waals surface area contributed by atoms with Gasteiger partial charge in [0, 0.05) is 16.6 Å².